The Morgan fingerprint density at radius 1 is 0.545 bits per heavy atom. The first-order chi connectivity index (χ1) is 16.3. The third-order valence-corrected chi connectivity index (χ3v) is 11.8. The highest BCUT2D eigenvalue weighted by Crippen LogP contribution is 2.36. The number of rotatable bonds is 10. The van der Waals surface area contributed by atoms with E-state index in [0.717, 1.165) is 10.5 Å². The van der Waals surface area contributed by atoms with Gasteiger partial charge in [-0.3, -0.25) is 0 Å². The molecule has 33 heavy (non-hydrogen) atoms. The fourth-order valence-corrected chi connectivity index (χ4v) is 9.06. The van der Waals surface area contributed by atoms with E-state index in [1.54, 1.807) is 0 Å². The monoisotopic (exact) mass is 504 g/mol. The second-order valence-electron chi connectivity index (χ2n) is 10.4. The van der Waals surface area contributed by atoms with Crippen molar-refractivity contribution in [2.45, 2.75) is 138 Å². The number of unbranched alkanes of at least 4 members (excludes halogenated alkanes) is 4. The van der Waals surface area contributed by atoms with E-state index in [2.05, 4.69) is 72.8 Å². The fraction of sp³-hybridized carbons (Fsp3) is 0.867. The quantitative estimate of drug-likeness (QED) is 0.215. The van der Waals surface area contributed by atoms with Gasteiger partial charge in [-0.1, -0.05) is 63.2 Å². The van der Waals surface area contributed by atoms with Gasteiger partial charge < -0.3 is 0 Å². The zero-order valence-electron chi connectivity index (χ0n) is 21.4. The Balaban J connectivity index is 1.28. The van der Waals surface area contributed by atoms with Gasteiger partial charge in [0.1, 0.15) is 0 Å². The van der Waals surface area contributed by atoms with Gasteiger partial charge in [-0.15, -0.1) is 11.8 Å². The molecular formula is C30H48S3. The van der Waals surface area contributed by atoms with Crippen LogP contribution in [0.25, 0.3) is 0 Å². The van der Waals surface area contributed by atoms with Gasteiger partial charge in [-0.05, 0) is 88.6 Å². The van der Waals surface area contributed by atoms with E-state index in [1.165, 1.54) is 114 Å². The lowest BCUT2D eigenvalue weighted by molar-refractivity contribution is 0.439. The van der Waals surface area contributed by atoms with E-state index in [0.29, 0.717) is 22.3 Å². The Bertz CT molecular complexity index is 579. The summed E-state index contributed by atoms with van der Waals surface area (Å²) in [4.78, 5) is 0. The van der Waals surface area contributed by atoms with E-state index < -0.39 is 0 Å². The molecule has 1 heterocycles. The maximum absolute atomic E-state index is 3.69. The molecule has 1 saturated heterocycles. The summed E-state index contributed by atoms with van der Waals surface area (Å²) in [7, 11) is 0. The zero-order chi connectivity index (χ0) is 23.1. The first-order valence-electron chi connectivity index (χ1n) is 14.2. The average Bonchev–Trinajstić information content (AvgIpc) is 3.31. The van der Waals surface area contributed by atoms with Gasteiger partial charge in [0, 0.05) is 22.3 Å². The summed E-state index contributed by atoms with van der Waals surface area (Å²) < 4.78 is 0. The predicted molar refractivity (Wildman–Crippen MR) is 155 cm³/mol. The number of thioether (sulfide) groups is 3. The lowest BCUT2D eigenvalue weighted by atomic mass is 9.89. The highest BCUT2D eigenvalue weighted by Gasteiger charge is 2.25. The molecule has 186 valence electrons. The summed E-state index contributed by atoms with van der Waals surface area (Å²) in [6.45, 7) is 4.60. The minimum atomic E-state index is 0.542. The normalized spacial score (nSPS) is 31.9. The van der Waals surface area contributed by atoms with Crippen LogP contribution in [0.1, 0.15) is 117 Å². The Hall–Kier alpha value is 0.170. The molecule has 0 aromatic rings. The van der Waals surface area contributed by atoms with Gasteiger partial charge >= 0.3 is 0 Å². The summed E-state index contributed by atoms with van der Waals surface area (Å²) in [6, 6.07) is 0. The molecule has 3 rings (SSSR count). The van der Waals surface area contributed by atoms with Crippen LogP contribution < -0.4 is 0 Å². The van der Waals surface area contributed by atoms with E-state index in [1.807, 2.05) is 0 Å². The number of hydrogen-bond acceptors (Lipinski definition) is 3. The van der Waals surface area contributed by atoms with Crippen molar-refractivity contribution in [2.75, 3.05) is 11.5 Å². The van der Waals surface area contributed by atoms with Crippen LogP contribution >= 0.6 is 35.3 Å². The second-order valence-corrected chi connectivity index (χ2v) is 14.6. The van der Waals surface area contributed by atoms with E-state index in [9.17, 15) is 0 Å². The van der Waals surface area contributed by atoms with Crippen LogP contribution in [0.3, 0.4) is 0 Å². The van der Waals surface area contributed by atoms with E-state index >= 15 is 0 Å². The van der Waals surface area contributed by atoms with Crippen LogP contribution in [0.2, 0.25) is 0 Å². The van der Waals surface area contributed by atoms with Crippen molar-refractivity contribution in [1.82, 2.24) is 0 Å². The van der Waals surface area contributed by atoms with Crippen LogP contribution in [0.4, 0.5) is 0 Å². The predicted octanol–water partition coefficient (Wildman–Crippen LogP) is 9.22. The van der Waals surface area contributed by atoms with Gasteiger partial charge in [0.05, 0.1) is 10.5 Å². The van der Waals surface area contributed by atoms with E-state index in [4.69, 9.17) is 0 Å². The van der Waals surface area contributed by atoms with Crippen LogP contribution in [-0.2, 0) is 0 Å². The van der Waals surface area contributed by atoms with Crippen LogP contribution in [0.5, 0.6) is 0 Å². The smallest absolute Gasteiger partial charge is 0.0670 e. The summed E-state index contributed by atoms with van der Waals surface area (Å²) in [6.07, 6.45) is 21.7. The van der Waals surface area contributed by atoms with Crippen molar-refractivity contribution in [1.29, 1.82) is 0 Å². The maximum atomic E-state index is 3.69. The molecule has 3 fully saturated rings. The Morgan fingerprint density at radius 3 is 1.36 bits per heavy atom. The SMILES string of the molecule is CCCCCSC1CCC(C#CC2CCC(C#CC3CCC(SCCCCC)CC3)S2)CC1. The molecule has 1 aliphatic heterocycles. The maximum Gasteiger partial charge on any atom is 0.0670 e. The molecule has 0 spiro atoms. The van der Waals surface area contributed by atoms with Crippen molar-refractivity contribution in [3.05, 3.63) is 0 Å². The minimum absolute atomic E-state index is 0.542. The first kappa shape index (κ1) is 27.8. The van der Waals surface area contributed by atoms with Gasteiger partial charge in [-0.2, -0.15) is 23.5 Å². The molecule has 0 aromatic heterocycles. The highest BCUT2D eigenvalue weighted by atomic mass is 32.2. The average molecular weight is 505 g/mol. The van der Waals surface area contributed by atoms with Crippen LogP contribution in [-0.4, -0.2) is 32.5 Å². The van der Waals surface area contributed by atoms with Crippen LogP contribution in [0, 0.1) is 35.5 Å². The summed E-state index contributed by atoms with van der Waals surface area (Å²) in [5.41, 5.74) is 0. The summed E-state index contributed by atoms with van der Waals surface area (Å²) in [5.74, 6) is 18.8. The molecular weight excluding hydrogens is 457 g/mol. The van der Waals surface area contributed by atoms with Gasteiger partial charge in [0.25, 0.3) is 0 Å². The highest BCUT2D eigenvalue weighted by molar-refractivity contribution is 8.01. The molecule has 3 heteroatoms. The van der Waals surface area contributed by atoms with E-state index in [-0.39, 0.29) is 0 Å². The zero-order valence-corrected chi connectivity index (χ0v) is 23.9. The van der Waals surface area contributed by atoms with Crippen molar-refractivity contribution in [3.63, 3.8) is 0 Å². The molecule has 3 aliphatic rings. The first-order valence-corrected chi connectivity index (χ1v) is 17.2. The lowest BCUT2D eigenvalue weighted by Gasteiger charge is -2.25. The van der Waals surface area contributed by atoms with Crippen molar-refractivity contribution >= 4 is 35.3 Å². The molecule has 0 radical (unpaired) electrons. The molecule has 0 bridgehead atoms. The van der Waals surface area contributed by atoms with Gasteiger partial charge in [-0.25, -0.2) is 0 Å². The second kappa shape index (κ2) is 16.8. The Kier molecular flexibility index (Phi) is 14.1. The molecule has 0 N–H and O–H groups in total. The lowest BCUT2D eigenvalue weighted by Crippen LogP contribution is -2.16. The fourth-order valence-electron chi connectivity index (χ4n) is 5.22. The standard InChI is InChI=1S/C30H48S3/c1-3-5-7-23-31-27-15-9-25(10-16-27)13-19-29-21-22-30(33-29)20-14-26-11-17-28(18-12-26)32-24-8-6-4-2/h25-30H,3-12,15-18,21-24H2,1-2H3. The minimum Gasteiger partial charge on any atom is -0.159 e. The third kappa shape index (κ3) is 11.2. The van der Waals surface area contributed by atoms with Crippen molar-refractivity contribution < 1.29 is 0 Å². The summed E-state index contributed by atoms with van der Waals surface area (Å²) in [5, 5.41) is 2.91. The van der Waals surface area contributed by atoms with Gasteiger partial charge in [0.2, 0.25) is 0 Å². The van der Waals surface area contributed by atoms with Crippen LogP contribution in [0.15, 0.2) is 0 Å². The molecule has 0 amide bonds. The Morgan fingerprint density at radius 2 is 0.970 bits per heavy atom. The summed E-state index contributed by atoms with van der Waals surface area (Å²) >= 11 is 6.54. The molecule has 0 aromatic carbocycles. The van der Waals surface area contributed by atoms with Crippen molar-refractivity contribution in [2.24, 2.45) is 11.8 Å². The molecule has 2 saturated carbocycles. The third-order valence-electron chi connectivity index (χ3n) is 7.47. The molecule has 0 nitrogen and oxygen atoms in total. The number of hydrogen-bond donors (Lipinski definition) is 0. The molecule has 2 atom stereocenters. The molecule has 2 aliphatic carbocycles. The largest absolute Gasteiger partial charge is 0.159 e. The topological polar surface area (TPSA) is 0 Å². The van der Waals surface area contributed by atoms with Crippen molar-refractivity contribution in [3.8, 4) is 23.7 Å². The molecule has 2 unspecified atom stereocenters. The Labute approximate surface area is 219 Å². The van der Waals surface area contributed by atoms with Gasteiger partial charge in [0.15, 0.2) is 0 Å².